The molecule has 110 valence electrons. The zero-order valence-corrected chi connectivity index (χ0v) is 13.5. The fourth-order valence-corrected chi connectivity index (χ4v) is 3.85. The molecule has 2 atom stereocenters. The normalized spacial score (nSPS) is 24.1. The number of H-pyrrole nitrogens is 1. The van der Waals surface area contributed by atoms with Crippen LogP contribution in [0.1, 0.15) is 57.7 Å². The number of fused-ring (bicyclic) bond motifs is 1. The molecule has 2 aromatic heterocycles. The summed E-state index contributed by atoms with van der Waals surface area (Å²) in [6.45, 7) is 7.45. The lowest BCUT2D eigenvalue weighted by Gasteiger charge is -2.17. The van der Waals surface area contributed by atoms with Crippen molar-refractivity contribution in [3.8, 4) is 0 Å². The highest BCUT2D eigenvalue weighted by Gasteiger charge is 2.23. The van der Waals surface area contributed by atoms with Gasteiger partial charge < -0.3 is 4.98 Å². The Hall–Kier alpha value is -1.10. The number of nitrogens with zero attached hydrogens (tertiary/aromatic N) is 3. The van der Waals surface area contributed by atoms with Gasteiger partial charge in [-0.25, -0.2) is 4.68 Å². The topological polar surface area (TPSA) is 38.5 Å². The fourth-order valence-electron chi connectivity index (χ4n) is 3.51. The minimum absolute atomic E-state index is 0.530. The third kappa shape index (κ3) is 2.22. The van der Waals surface area contributed by atoms with E-state index in [0.29, 0.717) is 6.04 Å². The van der Waals surface area contributed by atoms with Gasteiger partial charge in [0.25, 0.3) is 0 Å². The minimum Gasteiger partial charge on any atom is -0.328 e. The van der Waals surface area contributed by atoms with E-state index >= 15 is 0 Å². The summed E-state index contributed by atoms with van der Waals surface area (Å²) in [5.74, 6) is 0.849. The Balaban J connectivity index is 2.10. The Labute approximate surface area is 125 Å². The van der Waals surface area contributed by atoms with Crippen LogP contribution in [0.2, 0.25) is 0 Å². The van der Waals surface area contributed by atoms with Crippen molar-refractivity contribution in [1.82, 2.24) is 19.3 Å². The van der Waals surface area contributed by atoms with E-state index < -0.39 is 0 Å². The molecule has 1 aliphatic rings. The molecule has 1 fully saturated rings. The molecule has 0 saturated heterocycles. The van der Waals surface area contributed by atoms with Gasteiger partial charge in [-0.15, -0.1) is 0 Å². The zero-order valence-electron chi connectivity index (χ0n) is 12.6. The monoisotopic (exact) mass is 292 g/mol. The molecule has 0 amide bonds. The SMILES string of the molecule is CCn1nc(C)c2[nH]c(=S)n(C3CCCC(C)CC3)c21. The molecule has 0 radical (unpaired) electrons. The molecule has 2 aromatic rings. The van der Waals surface area contributed by atoms with Crippen LogP contribution < -0.4 is 0 Å². The molecule has 1 N–H and O–H groups in total. The molecule has 3 rings (SSSR count). The standard InChI is InChI=1S/C15H24N4S/c1-4-18-14-13(11(3)17-18)16-15(20)19(14)12-7-5-6-10(2)8-9-12/h10,12H,4-9H2,1-3H3,(H,16,20). The van der Waals surface area contributed by atoms with Crippen LogP contribution in [0.5, 0.6) is 0 Å². The number of aromatic amines is 1. The van der Waals surface area contributed by atoms with E-state index in [-0.39, 0.29) is 0 Å². The Kier molecular flexibility index (Phi) is 3.71. The molecular weight excluding hydrogens is 268 g/mol. The highest BCUT2D eigenvalue weighted by molar-refractivity contribution is 7.71. The van der Waals surface area contributed by atoms with Gasteiger partial charge in [0, 0.05) is 12.6 Å². The van der Waals surface area contributed by atoms with E-state index in [0.717, 1.165) is 28.4 Å². The van der Waals surface area contributed by atoms with Crippen molar-refractivity contribution in [3.63, 3.8) is 0 Å². The molecule has 0 aromatic carbocycles. The van der Waals surface area contributed by atoms with Gasteiger partial charge in [-0.3, -0.25) is 4.57 Å². The first kappa shape index (κ1) is 13.9. The van der Waals surface area contributed by atoms with Crippen molar-refractivity contribution in [1.29, 1.82) is 0 Å². The van der Waals surface area contributed by atoms with Crippen LogP contribution in [-0.4, -0.2) is 19.3 Å². The Morgan fingerprint density at radius 2 is 2.10 bits per heavy atom. The second-order valence-corrected chi connectivity index (χ2v) is 6.55. The maximum absolute atomic E-state index is 5.59. The number of hydrogen-bond donors (Lipinski definition) is 1. The first-order chi connectivity index (χ1) is 9.61. The number of nitrogens with one attached hydrogen (secondary N) is 1. The van der Waals surface area contributed by atoms with Gasteiger partial charge in [0.1, 0.15) is 5.52 Å². The number of aromatic nitrogens is 4. The number of imidazole rings is 1. The quantitative estimate of drug-likeness (QED) is 0.659. The highest BCUT2D eigenvalue weighted by Crippen LogP contribution is 2.33. The Morgan fingerprint density at radius 1 is 1.30 bits per heavy atom. The van der Waals surface area contributed by atoms with Gasteiger partial charge in [0.15, 0.2) is 10.4 Å². The molecule has 0 bridgehead atoms. The average molecular weight is 292 g/mol. The lowest BCUT2D eigenvalue weighted by molar-refractivity contribution is 0.430. The third-order valence-electron chi connectivity index (χ3n) is 4.67. The summed E-state index contributed by atoms with van der Waals surface area (Å²) in [5.41, 5.74) is 3.36. The van der Waals surface area contributed by atoms with Crippen LogP contribution in [0, 0.1) is 17.6 Å². The summed E-state index contributed by atoms with van der Waals surface area (Å²) in [6.07, 6.45) is 6.43. The van der Waals surface area contributed by atoms with Crippen LogP contribution in [-0.2, 0) is 6.54 Å². The van der Waals surface area contributed by atoms with Gasteiger partial charge in [-0.2, -0.15) is 5.10 Å². The predicted molar refractivity (Wildman–Crippen MR) is 84.6 cm³/mol. The van der Waals surface area contributed by atoms with Crippen molar-refractivity contribution in [2.24, 2.45) is 5.92 Å². The third-order valence-corrected chi connectivity index (χ3v) is 4.97. The van der Waals surface area contributed by atoms with E-state index in [2.05, 4.69) is 40.1 Å². The zero-order chi connectivity index (χ0) is 14.3. The lowest BCUT2D eigenvalue weighted by atomic mass is 10.0. The van der Waals surface area contributed by atoms with Gasteiger partial charge in [0.05, 0.1) is 5.69 Å². The average Bonchev–Trinajstić information content (AvgIpc) is 2.81. The largest absolute Gasteiger partial charge is 0.328 e. The molecule has 5 heteroatoms. The number of aryl methyl sites for hydroxylation is 2. The molecule has 2 heterocycles. The summed E-state index contributed by atoms with van der Waals surface area (Å²) in [4.78, 5) is 3.37. The van der Waals surface area contributed by atoms with Crippen LogP contribution in [0.3, 0.4) is 0 Å². The van der Waals surface area contributed by atoms with E-state index in [1.54, 1.807) is 0 Å². The van der Waals surface area contributed by atoms with E-state index in [1.807, 2.05) is 0 Å². The molecule has 20 heavy (non-hydrogen) atoms. The lowest BCUT2D eigenvalue weighted by Crippen LogP contribution is -2.12. The summed E-state index contributed by atoms with van der Waals surface area (Å²) >= 11 is 5.59. The van der Waals surface area contributed by atoms with Crippen LogP contribution in [0.4, 0.5) is 0 Å². The van der Waals surface area contributed by atoms with Gasteiger partial charge in [-0.05, 0) is 51.2 Å². The van der Waals surface area contributed by atoms with Crippen molar-refractivity contribution in [2.45, 2.75) is 65.5 Å². The van der Waals surface area contributed by atoms with Crippen molar-refractivity contribution in [2.75, 3.05) is 0 Å². The van der Waals surface area contributed by atoms with Gasteiger partial charge in [0.2, 0.25) is 0 Å². The molecule has 4 nitrogen and oxygen atoms in total. The van der Waals surface area contributed by atoms with Crippen LogP contribution in [0.15, 0.2) is 0 Å². The van der Waals surface area contributed by atoms with Crippen molar-refractivity contribution < 1.29 is 0 Å². The summed E-state index contributed by atoms with van der Waals surface area (Å²) in [5, 5.41) is 4.62. The summed E-state index contributed by atoms with van der Waals surface area (Å²) < 4.78 is 5.29. The molecule has 0 spiro atoms. The van der Waals surface area contributed by atoms with Crippen molar-refractivity contribution in [3.05, 3.63) is 10.5 Å². The first-order valence-corrected chi connectivity index (χ1v) is 8.20. The van der Waals surface area contributed by atoms with E-state index in [9.17, 15) is 0 Å². The van der Waals surface area contributed by atoms with Crippen LogP contribution >= 0.6 is 12.2 Å². The second kappa shape index (κ2) is 5.35. The first-order valence-electron chi connectivity index (χ1n) is 7.79. The van der Waals surface area contributed by atoms with Gasteiger partial charge >= 0.3 is 0 Å². The second-order valence-electron chi connectivity index (χ2n) is 6.17. The molecular formula is C15H24N4S. The minimum atomic E-state index is 0.530. The summed E-state index contributed by atoms with van der Waals surface area (Å²) in [6, 6.07) is 0.530. The maximum Gasteiger partial charge on any atom is 0.179 e. The van der Waals surface area contributed by atoms with Crippen molar-refractivity contribution >= 4 is 23.4 Å². The Bertz CT molecular complexity index is 663. The summed E-state index contributed by atoms with van der Waals surface area (Å²) in [7, 11) is 0. The number of hydrogen-bond acceptors (Lipinski definition) is 2. The van der Waals surface area contributed by atoms with Gasteiger partial charge in [-0.1, -0.05) is 19.8 Å². The highest BCUT2D eigenvalue weighted by atomic mass is 32.1. The molecule has 1 saturated carbocycles. The molecule has 2 unspecified atom stereocenters. The number of rotatable bonds is 2. The van der Waals surface area contributed by atoms with Crippen LogP contribution in [0.25, 0.3) is 11.2 Å². The Morgan fingerprint density at radius 3 is 2.85 bits per heavy atom. The smallest absolute Gasteiger partial charge is 0.179 e. The predicted octanol–water partition coefficient (Wildman–Crippen LogP) is 4.37. The van der Waals surface area contributed by atoms with E-state index in [4.69, 9.17) is 12.2 Å². The molecule has 0 aliphatic heterocycles. The van der Waals surface area contributed by atoms with E-state index in [1.165, 1.54) is 37.8 Å². The maximum atomic E-state index is 5.59. The fraction of sp³-hybridized carbons (Fsp3) is 0.733. The molecule has 1 aliphatic carbocycles.